The van der Waals surface area contributed by atoms with E-state index in [1.807, 2.05) is 56.3 Å². The second kappa shape index (κ2) is 6.26. The first-order valence-corrected chi connectivity index (χ1v) is 8.43. The van der Waals surface area contributed by atoms with Crippen LogP contribution in [0.2, 0.25) is 0 Å². The minimum absolute atomic E-state index is 0.273. The van der Waals surface area contributed by atoms with E-state index >= 15 is 0 Å². The summed E-state index contributed by atoms with van der Waals surface area (Å²) in [6.45, 7) is 3.75. The van der Waals surface area contributed by atoms with Crippen molar-refractivity contribution in [3.8, 4) is 5.75 Å². The molecule has 26 heavy (non-hydrogen) atoms. The molecule has 2 heterocycles. The lowest BCUT2D eigenvalue weighted by Gasteiger charge is -2.10. The molecule has 4 rings (SSSR count). The maximum atomic E-state index is 12.7. The quantitative estimate of drug-likeness (QED) is 0.564. The van der Waals surface area contributed by atoms with Crippen LogP contribution in [0.5, 0.6) is 5.75 Å². The van der Waals surface area contributed by atoms with Gasteiger partial charge < -0.3 is 18.9 Å². The molecule has 2 aromatic heterocycles. The summed E-state index contributed by atoms with van der Waals surface area (Å²) >= 11 is 0. The van der Waals surface area contributed by atoms with Crippen LogP contribution in [0.4, 0.5) is 0 Å². The molecule has 0 aliphatic heterocycles. The average Bonchev–Trinajstić information content (AvgIpc) is 3.23. The molecule has 0 saturated carbocycles. The Morgan fingerprint density at radius 1 is 1.08 bits per heavy atom. The molecule has 0 aliphatic rings. The molecule has 5 nitrogen and oxygen atoms in total. The number of rotatable bonds is 4. The van der Waals surface area contributed by atoms with Gasteiger partial charge in [-0.2, -0.15) is 0 Å². The van der Waals surface area contributed by atoms with Crippen LogP contribution in [-0.2, 0) is 0 Å². The molecular formula is C21H19NO4. The number of furan rings is 2. The van der Waals surface area contributed by atoms with E-state index in [-0.39, 0.29) is 11.9 Å². The number of aryl methyl sites for hydroxylation is 1. The van der Waals surface area contributed by atoms with Gasteiger partial charge in [-0.15, -0.1) is 0 Å². The van der Waals surface area contributed by atoms with Crippen LogP contribution in [0.3, 0.4) is 0 Å². The van der Waals surface area contributed by atoms with E-state index in [0.29, 0.717) is 17.1 Å². The maximum absolute atomic E-state index is 12.7. The molecule has 0 radical (unpaired) electrons. The van der Waals surface area contributed by atoms with Crippen molar-refractivity contribution in [3.05, 3.63) is 65.6 Å². The van der Waals surface area contributed by atoms with Crippen LogP contribution >= 0.6 is 0 Å². The summed E-state index contributed by atoms with van der Waals surface area (Å²) in [5.41, 5.74) is 2.24. The van der Waals surface area contributed by atoms with Crippen molar-refractivity contribution in [1.29, 1.82) is 0 Å². The molecule has 2 aromatic carbocycles. The SMILES string of the molecule is COc1ccc2oc(C(=O)N[C@@H](C)c3cc4ccccc4o3)c(C)c2c1. The first-order chi connectivity index (χ1) is 12.6. The van der Waals surface area contributed by atoms with E-state index in [1.54, 1.807) is 13.2 Å². The Kier molecular flexibility index (Phi) is 3.92. The average molecular weight is 349 g/mol. The van der Waals surface area contributed by atoms with Gasteiger partial charge in [-0.3, -0.25) is 4.79 Å². The van der Waals surface area contributed by atoms with E-state index < -0.39 is 0 Å². The molecule has 0 saturated heterocycles. The lowest BCUT2D eigenvalue weighted by molar-refractivity contribution is 0.0909. The third-order valence-electron chi connectivity index (χ3n) is 4.57. The number of benzene rings is 2. The molecular weight excluding hydrogens is 330 g/mol. The normalized spacial score (nSPS) is 12.4. The van der Waals surface area contributed by atoms with Gasteiger partial charge in [0.1, 0.15) is 22.7 Å². The fraction of sp³-hybridized carbons (Fsp3) is 0.190. The van der Waals surface area contributed by atoms with Gasteiger partial charge in [0.15, 0.2) is 5.76 Å². The Hall–Kier alpha value is -3.21. The van der Waals surface area contributed by atoms with Crippen molar-refractivity contribution < 1.29 is 18.4 Å². The Morgan fingerprint density at radius 3 is 2.65 bits per heavy atom. The van der Waals surface area contributed by atoms with Crippen LogP contribution in [0.1, 0.15) is 34.8 Å². The third-order valence-corrected chi connectivity index (χ3v) is 4.57. The largest absolute Gasteiger partial charge is 0.497 e. The molecule has 0 spiro atoms. The number of carbonyl (C=O) groups excluding carboxylic acids is 1. The first kappa shape index (κ1) is 16.3. The standard InChI is InChI=1S/C21H19NO4/c1-12-16-11-15(24-3)8-9-18(16)26-20(12)21(23)22-13(2)19-10-14-6-4-5-7-17(14)25-19/h4-11,13H,1-3H3,(H,22,23)/t13-/m0/s1. The van der Waals surface area contributed by atoms with Gasteiger partial charge in [0.05, 0.1) is 13.2 Å². The Balaban J connectivity index is 1.61. The van der Waals surface area contributed by atoms with Gasteiger partial charge in [0.2, 0.25) is 0 Å². The lowest BCUT2D eigenvalue weighted by Crippen LogP contribution is -2.26. The predicted octanol–water partition coefficient (Wildman–Crippen LogP) is 4.99. The number of para-hydroxylation sites is 1. The highest BCUT2D eigenvalue weighted by Gasteiger charge is 2.21. The van der Waals surface area contributed by atoms with Crippen LogP contribution in [0.25, 0.3) is 21.9 Å². The molecule has 0 bridgehead atoms. The lowest BCUT2D eigenvalue weighted by atomic mass is 10.1. The van der Waals surface area contributed by atoms with Gasteiger partial charge in [-0.1, -0.05) is 18.2 Å². The van der Waals surface area contributed by atoms with E-state index in [1.165, 1.54) is 0 Å². The fourth-order valence-corrected chi connectivity index (χ4v) is 3.09. The Bertz CT molecular complexity index is 1070. The van der Waals surface area contributed by atoms with Gasteiger partial charge in [-0.25, -0.2) is 0 Å². The topological polar surface area (TPSA) is 64.6 Å². The second-order valence-corrected chi connectivity index (χ2v) is 6.30. The number of amides is 1. The number of ether oxygens (including phenoxy) is 1. The van der Waals surface area contributed by atoms with Crippen molar-refractivity contribution in [1.82, 2.24) is 5.32 Å². The molecule has 5 heteroatoms. The Labute approximate surface area is 150 Å². The van der Waals surface area contributed by atoms with Gasteiger partial charge in [-0.05, 0) is 44.2 Å². The van der Waals surface area contributed by atoms with Crippen LogP contribution in [0, 0.1) is 6.92 Å². The number of hydrogen-bond acceptors (Lipinski definition) is 4. The van der Waals surface area contributed by atoms with E-state index in [2.05, 4.69) is 5.32 Å². The van der Waals surface area contributed by atoms with E-state index in [9.17, 15) is 4.79 Å². The van der Waals surface area contributed by atoms with Crippen LogP contribution in [-0.4, -0.2) is 13.0 Å². The van der Waals surface area contributed by atoms with Gasteiger partial charge in [0.25, 0.3) is 5.91 Å². The van der Waals surface area contributed by atoms with E-state index in [0.717, 1.165) is 27.7 Å². The number of carbonyl (C=O) groups is 1. The summed E-state index contributed by atoms with van der Waals surface area (Å²) in [4.78, 5) is 12.7. The minimum Gasteiger partial charge on any atom is -0.497 e. The minimum atomic E-state index is -0.281. The summed E-state index contributed by atoms with van der Waals surface area (Å²) in [5, 5.41) is 4.82. The van der Waals surface area contributed by atoms with Crippen LogP contribution in [0.15, 0.2) is 57.4 Å². The molecule has 1 N–H and O–H groups in total. The second-order valence-electron chi connectivity index (χ2n) is 6.30. The van der Waals surface area contributed by atoms with Crippen molar-refractivity contribution in [2.75, 3.05) is 7.11 Å². The highest BCUT2D eigenvalue weighted by Crippen LogP contribution is 2.29. The predicted molar refractivity (Wildman–Crippen MR) is 99.6 cm³/mol. The molecule has 1 atom stereocenters. The molecule has 0 unspecified atom stereocenters. The summed E-state index contributed by atoms with van der Waals surface area (Å²) < 4.78 is 16.8. The van der Waals surface area contributed by atoms with E-state index in [4.69, 9.17) is 13.6 Å². The molecule has 0 aliphatic carbocycles. The summed E-state index contributed by atoms with van der Waals surface area (Å²) in [6.07, 6.45) is 0. The molecule has 132 valence electrons. The van der Waals surface area contributed by atoms with Gasteiger partial charge in [0, 0.05) is 16.3 Å². The first-order valence-electron chi connectivity index (χ1n) is 8.43. The zero-order valence-corrected chi connectivity index (χ0v) is 14.8. The zero-order chi connectivity index (χ0) is 18.3. The monoisotopic (exact) mass is 349 g/mol. The number of methoxy groups -OCH3 is 1. The van der Waals surface area contributed by atoms with Crippen LogP contribution < -0.4 is 10.1 Å². The molecule has 4 aromatic rings. The zero-order valence-electron chi connectivity index (χ0n) is 14.8. The number of nitrogens with one attached hydrogen (secondary N) is 1. The highest BCUT2D eigenvalue weighted by molar-refractivity contribution is 5.99. The van der Waals surface area contributed by atoms with Crippen molar-refractivity contribution in [3.63, 3.8) is 0 Å². The summed E-state index contributed by atoms with van der Waals surface area (Å²) in [7, 11) is 1.61. The van der Waals surface area contributed by atoms with Crippen molar-refractivity contribution in [2.24, 2.45) is 0 Å². The third kappa shape index (κ3) is 2.71. The molecule has 0 fully saturated rings. The highest BCUT2D eigenvalue weighted by atomic mass is 16.5. The summed E-state index contributed by atoms with van der Waals surface area (Å²) in [5.74, 6) is 1.46. The summed E-state index contributed by atoms with van der Waals surface area (Å²) in [6, 6.07) is 14.9. The van der Waals surface area contributed by atoms with Gasteiger partial charge >= 0.3 is 0 Å². The number of hydrogen-bond donors (Lipinski definition) is 1. The van der Waals surface area contributed by atoms with Crippen molar-refractivity contribution in [2.45, 2.75) is 19.9 Å². The fourth-order valence-electron chi connectivity index (χ4n) is 3.09. The van der Waals surface area contributed by atoms with Crippen molar-refractivity contribution >= 4 is 27.8 Å². The maximum Gasteiger partial charge on any atom is 0.287 e. The number of fused-ring (bicyclic) bond motifs is 2. The molecule has 1 amide bonds. The smallest absolute Gasteiger partial charge is 0.287 e. The Morgan fingerprint density at radius 2 is 1.88 bits per heavy atom.